The summed E-state index contributed by atoms with van der Waals surface area (Å²) >= 11 is 0. The first-order chi connectivity index (χ1) is 17.2. The average molecular weight is 527 g/mol. The van der Waals surface area contributed by atoms with Crippen LogP contribution >= 0.6 is 0 Å². The van der Waals surface area contributed by atoms with Crippen LogP contribution in [0.1, 0.15) is 37.0 Å². The number of halogens is 6. The third-order valence-electron chi connectivity index (χ3n) is 5.78. The van der Waals surface area contributed by atoms with Crippen molar-refractivity contribution in [3.05, 3.63) is 63.7 Å². The third-order valence-corrected chi connectivity index (χ3v) is 5.78. The summed E-state index contributed by atoms with van der Waals surface area (Å²) in [7, 11) is 0. The summed E-state index contributed by atoms with van der Waals surface area (Å²) in [5, 5.41) is 4.44. The lowest BCUT2D eigenvalue weighted by molar-refractivity contribution is -0.158. The van der Waals surface area contributed by atoms with E-state index in [1.807, 2.05) is 5.32 Å². The molecule has 0 spiro atoms. The van der Waals surface area contributed by atoms with Crippen LogP contribution in [0.15, 0.2) is 35.3 Å². The minimum Gasteiger partial charge on any atom is -0.368 e. The van der Waals surface area contributed by atoms with Crippen LogP contribution in [0.25, 0.3) is 16.7 Å². The molecule has 1 amide bonds. The first-order valence-corrected chi connectivity index (χ1v) is 11.3. The zero-order valence-electron chi connectivity index (χ0n) is 19.7. The Morgan fingerprint density at radius 1 is 1.16 bits per heavy atom. The van der Waals surface area contributed by atoms with Crippen LogP contribution in [0.4, 0.5) is 32.2 Å². The second-order valence-electron chi connectivity index (χ2n) is 9.70. The molecule has 3 aromatic rings. The van der Waals surface area contributed by atoms with Gasteiger partial charge in [-0.25, -0.2) is 18.2 Å². The van der Waals surface area contributed by atoms with Gasteiger partial charge in [-0.3, -0.25) is 14.2 Å². The molecule has 1 aromatic carbocycles. The molecule has 7 nitrogen and oxygen atoms in total. The smallest absolute Gasteiger partial charge is 0.368 e. The normalized spacial score (nSPS) is 15.1. The van der Waals surface area contributed by atoms with Crippen LogP contribution in [-0.4, -0.2) is 39.8 Å². The van der Waals surface area contributed by atoms with Gasteiger partial charge in [-0.1, -0.05) is 0 Å². The summed E-state index contributed by atoms with van der Waals surface area (Å²) in [6.07, 6.45) is -3.57. The van der Waals surface area contributed by atoms with Crippen molar-refractivity contribution >= 4 is 22.8 Å². The number of nitrogens with one attached hydrogen (secondary N) is 2. The number of pyridine rings is 2. The first-order valence-electron chi connectivity index (χ1n) is 11.3. The van der Waals surface area contributed by atoms with E-state index in [-0.39, 0.29) is 36.2 Å². The summed E-state index contributed by atoms with van der Waals surface area (Å²) in [4.78, 5) is 30.2. The molecule has 1 fully saturated rings. The quantitative estimate of drug-likeness (QED) is 0.403. The van der Waals surface area contributed by atoms with Gasteiger partial charge in [0, 0.05) is 30.4 Å². The molecule has 1 atom stereocenters. The van der Waals surface area contributed by atoms with Crippen LogP contribution in [0.5, 0.6) is 0 Å². The van der Waals surface area contributed by atoms with Crippen LogP contribution < -0.4 is 21.8 Å². The molecule has 0 saturated heterocycles. The van der Waals surface area contributed by atoms with E-state index >= 15 is 0 Å². The van der Waals surface area contributed by atoms with Crippen molar-refractivity contribution in [2.75, 3.05) is 11.9 Å². The Balaban J connectivity index is 1.89. The van der Waals surface area contributed by atoms with E-state index in [2.05, 4.69) is 10.3 Å². The monoisotopic (exact) mass is 527 g/mol. The second kappa shape index (κ2) is 9.36. The number of anilines is 1. The van der Waals surface area contributed by atoms with Crippen molar-refractivity contribution in [3.8, 4) is 5.69 Å². The standard InChI is InChI=1S/C24H23F6N5O2/c1-23(2,31)10-32-17-6-5-13-19(36)14(22(37)34-20(11-3-4-11)24(28,29)30)9-35(21(13)33-17)18-15(26)7-12(25)8-16(18)27/h5-9,11,20H,3-4,10,31H2,1-2H3,(H,32,33)(H,34,37)/t20-/m0/s1. The van der Waals surface area contributed by atoms with Gasteiger partial charge in [0.15, 0.2) is 17.3 Å². The van der Waals surface area contributed by atoms with Gasteiger partial charge in [-0.15, -0.1) is 0 Å². The van der Waals surface area contributed by atoms with Crippen molar-refractivity contribution in [1.29, 1.82) is 0 Å². The van der Waals surface area contributed by atoms with E-state index in [0.717, 1.165) is 0 Å². The van der Waals surface area contributed by atoms with Gasteiger partial charge in [-0.05, 0) is 44.7 Å². The third kappa shape index (κ3) is 5.71. The number of nitrogens with two attached hydrogens (primary N) is 1. The minimum absolute atomic E-state index is 0.158. The highest BCUT2D eigenvalue weighted by Crippen LogP contribution is 2.40. The maximum Gasteiger partial charge on any atom is 0.408 e. The van der Waals surface area contributed by atoms with E-state index in [9.17, 15) is 35.9 Å². The number of rotatable bonds is 7. The fourth-order valence-corrected chi connectivity index (χ4v) is 3.83. The first kappa shape index (κ1) is 26.5. The van der Waals surface area contributed by atoms with Gasteiger partial charge in [-0.2, -0.15) is 13.2 Å². The molecular formula is C24H23F6N5O2. The molecule has 0 aliphatic heterocycles. The largest absolute Gasteiger partial charge is 0.408 e. The Labute approximate surface area is 206 Å². The highest BCUT2D eigenvalue weighted by molar-refractivity contribution is 5.97. The second-order valence-corrected chi connectivity index (χ2v) is 9.70. The summed E-state index contributed by atoms with van der Waals surface area (Å²) < 4.78 is 84.2. The lowest BCUT2D eigenvalue weighted by atomic mass is 10.1. The maximum atomic E-state index is 14.8. The lowest BCUT2D eigenvalue weighted by Gasteiger charge is -2.22. The van der Waals surface area contributed by atoms with Crippen molar-refractivity contribution in [3.63, 3.8) is 0 Å². The number of carbonyl (C=O) groups excluding carboxylic acids is 1. The SMILES string of the molecule is CC(C)(N)CNc1ccc2c(=O)c(C(=O)N[C@@H](C3CC3)C(F)(F)F)cn(-c3c(F)cc(F)cc3F)c2n1. The minimum atomic E-state index is -4.76. The highest BCUT2D eigenvalue weighted by Gasteiger charge is 2.49. The molecule has 4 N–H and O–H groups in total. The van der Waals surface area contributed by atoms with E-state index in [1.54, 1.807) is 13.8 Å². The average Bonchev–Trinajstić information content (AvgIpc) is 3.60. The van der Waals surface area contributed by atoms with Gasteiger partial charge < -0.3 is 16.4 Å². The maximum absolute atomic E-state index is 14.8. The Morgan fingerprint density at radius 3 is 2.32 bits per heavy atom. The molecule has 1 saturated carbocycles. The van der Waals surface area contributed by atoms with Crippen LogP contribution in [0, 0.1) is 23.4 Å². The summed E-state index contributed by atoms with van der Waals surface area (Å²) in [6.45, 7) is 3.66. The van der Waals surface area contributed by atoms with E-state index in [0.29, 0.717) is 22.9 Å². The topological polar surface area (TPSA) is 102 Å². The Hall–Kier alpha value is -3.61. The number of fused-ring (bicyclic) bond motifs is 1. The molecule has 1 aliphatic rings. The zero-order valence-corrected chi connectivity index (χ0v) is 19.7. The number of hydrogen-bond donors (Lipinski definition) is 3. The molecule has 0 unspecified atom stereocenters. The molecule has 2 heterocycles. The Bertz CT molecular complexity index is 1400. The molecule has 1 aliphatic carbocycles. The number of aromatic nitrogens is 2. The van der Waals surface area contributed by atoms with E-state index < -0.39 is 63.7 Å². The number of benzene rings is 1. The molecule has 4 rings (SSSR count). The van der Waals surface area contributed by atoms with Crippen molar-refractivity contribution in [2.24, 2.45) is 11.7 Å². The molecule has 0 bridgehead atoms. The lowest BCUT2D eigenvalue weighted by Crippen LogP contribution is -2.48. The number of nitrogens with zero attached hydrogens (tertiary/aromatic N) is 2. The fraction of sp³-hybridized carbons (Fsp3) is 0.375. The van der Waals surface area contributed by atoms with E-state index in [1.165, 1.54) is 12.1 Å². The van der Waals surface area contributed by atoms with Gasteiger partial charge in [0.05, 0.1) is 5.39 Å². The van der Waals surface area contributed by atoms with E-state index in [4.69, 9.17) is 5.73 Å². The molecule has 37 heavy (non-hydrogen) atoms. The van der Waals surface area contributed by atoms with Crippen molar-refractivity contribution in [1.82, 2.24) is 14.9 Å². The van der Waals surface area contributed by atoms with Gasteiger partial charge in [0.1, 0.15) is 28.9 Å². The molecule has 198 valence electrons. The Kier molecular flexibility index (Phi) is 6.69. The zero-order chi connectivity index (χ0) is 27.3. The summed E-state index contributed by atoms with van der Waals surface area (Å²) in [5.41, 5.74) is 2.27. The number of hydrogen-bond acceptors (Lipinski definition) is 5. The predicted molar refractivity (Wildman–Crippen MR) is 124 cm³/mol. The van der Waals surface area contributed by atoms with Crippen LogP contribution in [0.2, 0.25) is 0 Å². The van der Waals surface area contributed by atoms with Gasteiger partial charge in [0.25, 0.3) is 5.91 Å². The van der Waals surface area contributed by atoms with Crippen molar-refractivity contribution in [2.45, 2.75) is 44.4 Å². The fourth-order valence-electron chi connectivity index (χ4n) is 3.83. The van der Waals surface area contributed by atoms with Crippen LogP contribution in [-0.2, 0) is 0 Å². The molecule has 0 radical (unpaired) electrons. The van der Waals surface area contributed by atoms with Crippen molar-refractivity contribution < 1.29 is 31.1 Å². The van der Waals surface area contributed by atoms with Gasteiger partial charge in [0.2, 0.25) is 5.43 Å². The predicted octanol–water partition coefficient (Wildman–Crippen LogP) is 4.02. The molecule has 2 aromatic heterocycles. The molecular weight excluding hydrogens is 504 g/mol. The van der Waals surface area contributed by atoms with Crippen LogP contribution in [0.3, 0.4) is 0 Å². The summed E-state index contributed by atoms with van der Waals surface area (Å²) in [5.74, 6) is -6.04. The number of amides is 1. The molecule has 13 heteroatoms. The Morgan fingerprint density at radius 2 is 1.78 bits per heavy atom. The van der Waals surface area contributed by atoms with Gasteiger partial charge >= 0.3 is 6.18 Å². The summed E-state index contributed by atoms with van der Waals surface area (Å²) in [6, 6.07) is 1.14. The number of carbonyl (C=O) groups is 1. The highest BCUT2D eigenvalue weighted by atomic mass is 19.4. The number of alkyl halides is 3.